The number of benzene rings is 2. The summed E-state index contributed by atoms with van der Waals surface area (Å²) in [5, 5.41) is 0. The van der Waals surface area contributed by atoms with E-state index in [9.17, 15) is 0 Å². The van der Waals surface area contributed by atoms with Gasteiger partial charge < -0.3 is 0 Å². The van der Waals surface area contributed by atoms with E-state index in [0.717, 1.165) is 35.5 Å². The Morgan fingerprint density at radius 1 is 0.567 bits per heavy atom. The lowest BCUT2D eigenvalue weighted by atomic mass is 9.57. The molecule has 0 aliphatic heterocycles. The number of rotatable bonds is 2. The second-order valence-electron chi connectivity index (χ2n) is 10.8. The molecule has 2 bridgehead atoms. The van der Waals surface area contributed by atoms with Crippen molar-refractivity contribution in [2.45, 2.75) is 12.8 Å². The molecule has 7 aliphatic rings. The van der Waals surface area contributed by atoms with Gasteiger partial charge in [-0.25, -0.2) is 0 Å². The van der Waals surface area contributed by atoms with Crippen LogP contribution in [0.4, 0.5) is 0 Å². The molecule has 0 nitrogen and oxygen atoms in total. The maximum Gasteiger partial charge on any atom is 0.0269 e. The smallest absolute Gasteiger partial charge is 0.0269 e. The number of hydrogen-bond donors (Lipinski definition) is 0. The summed E-state index contributed by atoms with van der Waals surface area (Å²) < 4.78 is 0. The Morgan fingerprint density at radius 3 is 1.50 bits per heavy atom. The highest BCUT2D eigenvalue weighted by molar-refractivity contribution is 5.90. The van der Waals surface area contributed by atoms with Gasteiger partial charge in [0.15, 0.2) is 0 Å². The summed E-state index contributed by atoms with van der Waals surface area (Å²) in [4.78, 5) is 0. The largest absolute Gasteiger partial charge is 0.0721 e. The summed E-state index contributed by atoms with van der Waals surface area (Å²) in [6.07, 6.45) is 13.4. The van der Waals surface area contributed by atoms with Crippen LogP contribution >= 0.6 is 0 Å². The summed E-state index contributed by atoms with van der Waals surface area (Å²) in [6.45, 7) is 0. The second kappa shape index (κ2) is 4.52. The van der Waals surface area contributed by atoms with E-state index in [4.69, 9.17) is 0 Å². The minimum Gasteiger partial charge on any atom is -0.0721 e. The molecule has 9 rings (SSSR count). The monoisotopic (exact) mass is 384 g/mol. The number of fused-ring (bicyclic) bond motifs is 2. The maximum atomic E-state index is 2.71. The maximum absolute atomic E-state index is 2.71. The van der Waals surface area contributed by atoms with Crippen LogP contribution in [0.15, 0.2) is 96.1 Å². The Bertz CT molecular complexity index is 1170. The van der Waals surface area contributed by atoms with E-state index in [-0.39, 0.29) is 10.8 Å². The van der Waals surface area contributed by atoms with Gasteiger partial charge in [-0.15, -0.1) is 0 Å². The van der Waals surface area contributed by atoms with Gasteiger partial charge in [0, 0.05) is 10.8 Å². The standard InChI is InChI=1S/C30H24/c1-3-7-17(8-4-1)19-11-13-29-23-16-24-26-22(15-21(25(23)26)27(19)29)28-20(12-14-30(24,28)29)18-9-5-2-6-10-18/h1-14,21-26H,15-16H2/t21-,22+,23+,24-,25+,26-,29?,30?. The molecule has 144 valence electrons. The summed E-state index contributed by atoms with van der Waals surface area (Å²) in [5.41, 5.74) is 10.3. The zero-order valence-corrected chi connectivity index (χ0v) is 17.0. The Kier molecular flexibility index (Phi) is 2.29. The lowest BCUT2D eigenvalue weighted by Crippen LogP contribution is -2.41. The molecule has 30 heavy (non-hydrogen) atoms. The highest BCUT2D eigenvalue weighted by Crippen LogP contribution is 2.93. The summed E-state index contributed by atoms with van der Waals surface area (Å²) in [6, 6.07) is 22.5. The Labute approximate surface area is 177 Å². The van der Waals surface area contributed by atoms with Crippen LogP contribution in [0.2, 0.25) is 0 Å². The van der Waals surface area contributed by atoms with Gasteiger partial charge in [0.05, 0.1) is 0 Å². The first-order chi connectivity index (χ1) is 14.9. The fourth-order valence-corrected chi connectivity index (χ4v) is 10.4. The van der Waals surface area contributed by atoms with Crippen molar-refractivity contribution < 1.29 is 0 Å². The van der Waals surface area contributed by atoms with E-state index in [2.05, 4.69) is 85.0 Å². The molecule has 0 aromatic heterocycles. The molecule has 0 saturated heterocycles. The first kappa shape index (κ1) is 15.2. The van der Waals surface area contributed by atoms with Gasteiger partial charge in [0.1, 0.15) is 0 Å². The van der Waals surface area contributed by atoms with Crippen LogP contribution in [0.25, 0.3) is 11.1 Å². The van der Waals surface area contributed by atoms with Gasteiger partial charge in [-0.2, -0.15) is 0 Å². The Balaban J connectivity index is 1.38. The molecule has 0 amide bonds. The predicted octanol–water partition coefficient (Wildman–Crippen LogP) is 6.55. The van der Waals surface area contributed by atoms with Gasteiger partial charge in [0.25, 0.3) is 0 Å². The zero-order valence-electron chi connectivity index (χ0n) is 17.0. The van der Waals surface area contributed by atoms with Gasteiger partial charge in [0.2, 0.25) is 0 Å². The summed E-state index contributed by atoms with van der Waals surface area (Å²) in [5.74, 6) is 5.31. The van der Waals surface area contributed by atoms with Gasteiger partial charge in [-0.05, 0) is 81.8 Å². The van der Waals surface area contributed by atoms with E-state index in [1.165, 1.54) is 24.0 Å². The van der Waals surface area contributed by atoms with Crippen LogP contribution in [-0.2, 0) is 0 Å². The van der Waals surface area contributed by atoms with Gasteiger partial charge >= 0.3 is 0 Å². The first-order valence-corrected chi connectivity index (χ1v) is 11.8. The first-order valence-electron chi connectivity index (χ1n) is 11.8. The van der Waals surface area contributed by atoms with Gasteiger partial charge in [-0.3, -0.25) is 0 Å². The molecule has 5 fully saturated rings. The predicted molar refractivity (Wildman–Crippen MR) is 120 cm³/mol. The summed E-state index contributed by atoms with van der Waals surface area (Å²) in [7, 11) is 0. The van der Waals surface area contributed by atoms with Crippen molar-refractivity contribution in [1.29, 1.82) is 0 Å². The van der Waals surface area contributed by atoms with Crippen LogP contribution in [0.1, 0.15) is 24.0 Å². The van der Waals surface area contributed by atoms with E-state index in [0.29, 0.717) is 0 Å². The highest BCUT2D eigenvalue weighted by atomic mass is 14.9. The third-order valence-corrected chi connectivity index (χ3v) is 10.6. The highest BCUT2D eigenvalue weighted by Gasteiger charge is 2.87. The van der Waals surface area contributed by atoms with Crippen LogP contribution in [0, 0.1) is 46.3 Å². The van der Waals surface area contributed by atoms with Crippen molar-refractivity contribution in [3.63, 3.8) is 0 Å². The van der Waals surface area contributed by atoms with E-state index < -0.39 is 0 Å². The molecule has 0 radical (unpaired) electrons. The van der Waals surface area contributed by atoms with Crippen LogP contribution in [-0.4, -0.2) is 0 Å². The molecule has 2 aromatic rings. The normalized spacial score (nSPS) is 46.8. The van der Waals surface area contributed by atoms with Crippen molar-refractivity contribution in [2.75, 3.05) is 0 Å². The Hall–Kier alpha value is -2.60. The minimum absolute atomic E-state index is 0.280. The molecule has 2 spiro atoms. The topological polar surface area (TPSA) is 0 Å². The van der Waals surface area contributed by atoms with Gasteiger partial charge in [-0.1, -0.05) is 85.0 Å². The Morgan fingerprint density at radius 2 is 1.03 bits per heavy atom. The van der Waals surface area contributed by atoms with E-state index in [1.807, 2.05) is 11.1 Å². The fraction of sp³-hybridized carbons (Fsp3) is 0.333. The zero-order chi connectivity index (χ0) is 19.2. The molecule has 0 heteroatoms. The molecule has 0 heterocycles. The quantitative estimate of drug-likeness (QED) is 0.551. The lowest BCUT2D eigenvalue weighted by Gasteiger charge is -2.45. The number of allylic oxidation sites excluding steroid dienone is 8. The molecule has 0 N–H and O–H groups in total. The van der Waals surface area contributed by atoms with E-state index in [1.54, 1.807) is 11.1 Å². The van der Waals surface area contributed by atoms with E-state index >= 15 is 0 Å². The van der Waals surface area contributed by atoms with Crippen molar-refractivity contribution >= 4 is 11.1 Å². The van der Waals surface area contributed by atoms with Crippen molar-refractivity contribution in [2.24, 2.45) is 46.3 Å². The van der Waals surface area contributed by atoms with Crippen molar-refractivity contribution in [1.82, 2.24) is 0 Å². The number of hydrogen-bond acceptors (Lipinski definition) is 0. The SMILES string of the molecule is C1=CC23C(=C1c1ccccc1)[C@H]1C[C@H]4C5=C(c6ccccc6)C=CC52[C@H]2C[C@@H]3[C@@H]1[C@@H]42. The molecule has 8 atom stereocenters. The molecular weight excluding hydrogens is 360 g/mol. The molecule has 2 unspecified atom stereocenters. The van der Waals surface area contributed by atoms with Crippen LogP contribution < -0.4 is 0 Å². The second-order valence-corrected chi connectivity index (χ2v) is 10.8. The molecule has 5 saturated carbocycles. The summed E-state index contributed by atoms with van der Waals surface area (Å²) >= 11 is 0. The third-order valence-electron chi connectivity index (χ3n) is 10.6. The van der Waals surface area contributed by atoms with Crippen molar-refractivity contribution in [3.05, 3.63) is 107 Å². The van der Waals surface area contributed by atoms with Crippen molar-refractivity contribution in [3.8, 4) is 0 Å². The fourth-order valence-electron chi connectivity index (χ4n) is 10.4. The average molecular weight is 385 g/mol. The molecule has 7 aliphatic carbocycles. The third kappa shape index (κ3) is 1.24. The van der Waals surface area contributed by atoms with Crippen LogP contribution in [0.3, 0.4) is 0 Å². The molecular formula is C30H24. The minimum atomic E-state index is 0.280. The molecule has 2 aromatic carbocycles. The average Bonchev–Trinajstić information content (AvgIpc) is 3.57. The lowest BCUT2D eigenvalue weighted by molar-refractivity contribution is 0.130. The van der Waals surface area contributed by atoms with Crippen LogP contribution in [0.5, 0.6) is 0 Å².